The molecule has 0 atom stereocenters. The van der Waals surface area contributed by atoms with Crippen LogP contribution in [0.15, 0.2) is 23.0 Å². The Morgan fingerprint density at radius 3 is 2.61 bits per heavy atom. The number of rotatable bonds is 2. The molecular formula is C12H10FNO4. The first kappa shape index (κ1) is 12.1. The van der Waals surface area contributed by atoms with Crippen molar-refractivity contribution in [3.05, 3.63) is 39.9 Å². The highest BCUT2D eigenvalue weighted by atomic mass is 19.1. The Morgan fingerprint density at radius 2 is 2.00 bits per heavy atom. The van der Waals surface area contributed by atoms with Crippen molar-refractivity contribution in [2.45, 2.75) is 0 Å². The van der Waals surface area contributed by atoms with E-state index < -0.39 is 17.2 Å². The van der Waals surface area contributed by atoms with E-state index in [0.29, 0.717) is 0 Å². The van der Waals surface area contributed by atoms with E-state index in [1.165, 1.54) is 14.2 Å². The molecule has 1 aromatic carbocycles. The summed E-state index contributed by atoms with van der Waals surface area (Å²) in [5.74, 6) is -1.12. The number of esters is 1. The lowest BCUT2D eigenvalue weighted by molar-refractivity contribution is 0.0594. The number of halogens is 1. The summed E-state index contributed by atoms with van der Waals surface area (Å²) < 4.78 is 22.7. The van der Waals surface area contributed by atoms with Crippen LogP contribution in [0.1, 0.15) is 10.5 Å². The van der Waals surface area contributed by atoms with Crippen LogP contribution in [0.5, 0.6) is 5.75 Å². The first-order chi connectivity index (χ1) is 8.56. The van der Waals surface area contributed by atoms with Gasteiger partial charge in [0.25, 0.3) is 0 Å². The molecule has 5 nitrogen and oxygen atoms in total. The topological polar surface area (TPSA) is 68.4 Å². The maximum absolute atomic E-state index is 13.3. The lowest BCUT2D eigenvalue weighted by atomic mass is 10.1. The number of aromatic amines is 1. The van der Waals surface area contributed by atoms with E-state index in [9.17, 15) is 14.0 Å². The number of hydrogen-bond donors (Lipinski definition) is 1. The summed E-state index contributed by atoms with van der Waals surface area (Å²) in [4.78, 5) is 25.9. The van der Waals surface area contributed by atoms with E-state index in [1.807, 2.05) is 0 Å². The minimum Gasteiger partial charge on any atom is -0.494 e. The zero-order valence-corrected chi connectivity index (χ0v) is 9.74. The molecule has 0 aliphatic heterocycles. The molecule has 0 bridgehead atoms. The molecule has 6 heteroatoms. The maximum atomic E-state index is 13.3. The number of benzene rings is 1. The molecule has 1 N–H and O–H groups in total. The molecular weight excluding hydrogens is 241 g/mol. The number of hydrogen-bond acceptors (Lipinski definition) is 4. The quantitative estimate of drug-likeness (QED) is 0.820. The average molecular weight is 251 g/mol. The van der Waals surface area contributed by atoms with Crippen LogP contribution in [0.3, 0.4) is 0 Å². The number of aromatic nitrogens is 1. The van der Waals surface area contributed by atoms with Crippen LogP contribution in [0, 0.1) is 5.82 Å². The van der Waals surface area contributed by atoms with Gasteiger partial charge in [-0.15, -0.1) is 0 Å². The Morgan fingerprint density at radius 1 is 1.28 bits per heavy atom. The second kappa shape index (κ2) is 4.48. The number of methoxy groups -OCH3 is 2. The molecule has 2 rings (SSSR count). The first-order valence-electron chi connectivity index (χ1n) is 5.05. The fraction of sp³-hybridized carbons (Fsp3) is 0.167. The van der Waals surface area contributed by atoms with Gasteiger partial charge >= 0.3 is 5.97 Å². The second-order valence-electron chi connectivity index (χ2n) is 3.57. The van der Waals surface area contributed by atoms with Gasteiger partial charge in [0.2, 0.25) is 0 Å². The van der Waals surface area contributed by atoms with Crippen LogP contribution in [-0.2, 0) is 4.74 Å². The molecule has 0 radical (unpaired) electrons. The monoisotopic (exact) mass is 251 g/mol. The Labute approximate surface area is 101 Å². The van der Waals surface area contributed by atoms with Gasteiger partial charge in [0.1, 0.15) is 17.3 Å². The van der Waals surface area contributed by atoms with Crippen molar-refractivity contribution < 1.29 is 18.7 Å². The molecule has 1 aromatic heterocycles. The summed E-state index contributed by atoms with van der Waals surface area (Å²) in [6, 6.07) is 3.27. The van der Waals surface area contributed by atoms with E-state index in [-0.39, 0.29) is 22.3 Å². The Bertz CT molecular complexity index is 678. The summed E-state index contributed by atoms with van der Waals surface area (Å²) in [6.07, 6.45) is 0. The average Bonchev–Trinajstić information content (AvgIpc) is 2.37. The predicted octanol–water partition coefficient (Wildman–Crippen LogP) is 1.46. The van der Waals surface area contributed by atoms with E-state index in [0.717, 1.165) is 18.2 Å². The predicted molar refractivity (Wildman–Crippen MR) is 62.4 cm³/mol. The number of carbonyl (C=O) groups is 1. The summed E-state index contributed by atoms with van der Waals surface area (Å²) in [5.41, 5.74) is -0.242. The summed E-state index contributed by atoms with van der Waals surface area (Å²) in [6.45, 7) is 0. The highest BCUT2D eigenvalue weighted by molar-refractivity contribution is 5.92. The van der Waals surface area contributed by atoms with Crippen LogP contribution in [0.25, 0.3) is 10.9 Å². The third kappa shape index (κ3) is 1.92. The lowest BCUT2D eigenvalue weighted by Crippen LogP contribution is -2.12. The van der Waals surface area contributed by atoms with Gasteiger partial charge in [-0.1, -0.05) is 0 Å². The van der Waals surface area contributed by atoms with Gasteiger partial charge in [-0.3, -0.25) is 4.79 Å². The van der Waals surface area contributed by atoms with Gasteiger partial charge in [-0.25, -0.2) is 9.18 Å². The normalized spacial score (nSPS) is 10.4. The molecule has 2 aromatic rings. The van der Waals surface area contributed by atoms with Crippen molar-refractivity contribution >= 4 is 16.9 Å². The number of ether oxygens (including phenoxy) is 2. The SMILES string of the molecule is COC(=O)c1cc(=O)c2cc(F)cc(OC)c2[nH]1. The number of carbonyl (C=O) groups excluding carboxylic acids is 1. The highest BCUT2D eigenvalue weighted by Gasteiger charge is 2.13. The third-order valence-electron chi connectivity index (χ3n) is 2.49. The smallest absolute Gasteiger partial charge is 0.354 e. The Kier molecular flexibility index (Phi) is 3.01. The van der Waals surface area contributed by atoms with Gasteiger partial charge in [0, 0.05) is 12.1 Å². The van der Waals surface area contributed by atoms with Gasteiger partial charge in [-0.2, -0.15) is 0 Å². The van der Waals surface area contributed by atoms with Gasteiger partial charge in [0.05, 0.1) is 25.1 Å². The van der Waals surface area contributed by atoms with Crippen LogP contribution < -0.4 is 10.2 Å². The fourth-order valence-corrected chi connectivity index (χ4v) is 1.67. The van der Waals surface area contributed by atoms with Crippen molar-refractivity contribution in [2.75, 3.05) is 14.2 Å². The molecule has 94 valence electrons. The molecule has 0 aliphatic rings. The largest absolute Gasteiger partial charge is 0.494 e. The van der Waals surface area contributed by atoms with Crippen LogP contribution >= 0.6 is 0 Å². The first-order valence-corrected chi connectivity index (χ1v) is 5.05. The van der Waals surface area contributed by atoms with Gasteiger partial charge < -0.3 is 14.5 Å². The lowest BCUT2D eigenvalue weighted by Gasteiger charge is -2.07. The van der Waals surface area contributed by atoms with Crippen molar-refractivity contribution in [1.82, 2.24) is 4.98 Å². The van der Waals surface area contributed by atoms with Crippen molar-refractivity contribution in [1.29, 1.82) is 0 Å². The summed E-state index contributed by atoms with van der Waals surface area (Å²) in [5, 5.41) is 0.111. The number of nitrogens with one attached hydrogen (secondary N) is 1. The summed E-state index contributed by atoms with van der Waals surface area (Å²) >= 11 is 0. The fourth-order valence-electron chi connectivity index (χ4n) is 1.67. The van der Waals surface area contributed by atoms with Crippen LogP contribution in [-0.4, -0.2) is 25.2 Å². The molecule has 18 heavy (non-hydrogen) atoms. The van der Waals surface area contributed by atoms with Crippen LogP contribution in [0.4, 0.5) is 4.39 Å². The van der Waals surface area contributed by atoms with Crippen molar-refractivity contribution in [3.63, 3.8) is 0 Å². The molecule has 0 aliphatic carbocycles. The molecule has 0 amide bonds. The Balaban J connectivity index is 2.83. The zero-order valence-electron chi connectivity index (χ0n) is 9.74. The third-order valence-corrected chi connectivity index (χ3v) is 2.49. The number of H-pyrrole nitrogens is 1. The molecule has 0 fully saturated rings. The second-order valence-corrected chi connectivity index (χ2v) is 3.57. The van der Waals surface area contributed by atoms with Gasteiger partial charge in [0.15, 0.2) is 5.43 Å². The minimum absolute atomic E-state index is 0.0140. The molecule has 0 unspecified atom stereocenters. The van der Waals surface area contributed by atoms with E-state index in [4.69, 9.17) is 4.74 Å². The van der Waals surface area contributed by atoms with E-state index >= 15 is 0 Å². The molecule has 1 heterocycles. The molecule has 0 saturated carbocycles. The highest BCUT2D eigenvalue weighted by Crippen LogP contribution is 2.23. The Hall–Kier alpha value is -2.37. The van der Waals surface area contributed by atoms with Crippen molar-refractivity contribution in [2.24, 2.45) is 0 Å². The van der Waals surface area contributed by atoms with E-state index in [1.54, 1.807) is 0 Å². The van der Waals surface area contributed by atoms with Crippen molar-refractivity contribution in [3.8, 4) is 5.75 Å². The minimum atomic E-state index is -0.680. The van der Waals surface area contributed by atoms with E-state index in [2.05, 4.69) is 9.72 Å². The molecule has 0 saturated heterocycles. The molecule has 0 spiro atoms. The maximum Gasteiger partial charge on any atom is 0.354 e. The number of fused-ring (bicyclic) bond motifs is 1. The summed E-state index contributed by atoms with van der Waals surface area (Å²) in [7, 11) is 2.55. The van der Waals surface area contributed by atoms with Gasteiger partial charge in [-0.05, 0) is 6.07 Å². The van der Waals surface area contributed by atoms with Crippen LogP contribution in [0.2, 0.25) is 0 Å². The zero-order chi connectivity index (χ0) is 13.3. The number of pyridine rings is 1. The standard InChI is InChI=1S/C12H10FNO4/c1-17-10-4-6(13)3-7-9(15)5-8(12(16)18-2)14-11(7)10/h3-5H,1-2H3,(H,14,15).